The fourth-order valence-corrected chi connectivity index (χ4v) is 3.28. The van der Waals surface area contributed by atoms with Crippen molar-refractivity contribution in [1.29, 1.82) is 0 Å². The summed E-state index contributed by atoms with van der Waals surface area (Å²) in [6, 6.07) is 8.02. The maximum absolute atomic E-state index is 12.8. The van der Waals surface area contributed by atoms with E-state index in [0.29, 0.717) is 19.5 Å². The molecule has 2 fully saturated rings. The molecule has 1 heterocycles. The molecule has 1 atom stereocenters. The summed E-state index contributed by atoms with van der Waals surface area (Å²) in [6.07, 6.45) is 2.33. The molecule has 20 heavy (non-hydrogen) atoms. The lowest BCUT2D eigenvalue weighted by molar-refractivity contribution is -0.141. The van der Waals surface area contributed by atoms with Gasteiger partial charge in [-0.25, -0.2) is 0 Å². The molecule has 1 aliphatic heterocycles. The van der Waals surface area contributed by atoms with Crippen molar-refractivity contribution < 1.29 is 14.7 Å². The molecule has 3 rings (SSSR count). The summed E-state index contributed by atoms with van der Waals surface area (Å²) >= 11 is 0. The van der Waals surface area contributed by atoms with E-state index < -0.39 is 11.9 Å². The van der Waals surface area contributed by atoms with Crippen LogP contribution in [0.3, 0.4) is 0 Å². The molecule has 4 nitrogen and oxygen atoms in total. The quantitative estimate of drug-likeness (QED) is 0.916. The van der Waals surface area contributed by atoms with Gasteiger partial charge in [0.15, 0.2) is 0 Å². The maximum Gasteiger partial charge on any atom is 0.308 e. The number of carboxylic acids is 1. The fraction of sp³-hybridized carbons (Fsp3) is 0.500. The van der Waals surface area contributed by atoms with Gasteiger partial charge >= 0.3 is 5.97 Å². The van der Waals surface area contributed by atoms with Crippen LogP contribution in [0.4, 0.5) is 0 Å². The summed E-state index contributed by atoms with van der Waals surface area (Å²) in [7, 11) is 0. The molecule has 0 aromatic heterocycles. The third-order valence-electron chi connectivity index (χ3n) is 4.64. The van der Waals surface area contributed by atoms with Crippen molar-refractivity contribution in [2.24, 2.45) is 5.92 Å². The number of amides is 1. The van der Waals surface area contributed by atoms with E-state index >= 15 is 0 Å². The number of carbonyl (C=O) groups excluding carboxylic acids is 1. The molecule has 2 aliphatic rings. The van der Waals surface area contributed by atoms with Gasteiger partial charge in [0.25, 0.3) is 0 Å². The maximum atomic E-state index is 12.8. The summed E-state index contributed by atoms with van der Waals surface area (Å²) in [4.78, 5) is 25.6. The van der Waals surface area contributed by atoms with Crippen molar-refractivity contribution >= 4 is 11.9 Å². The standard InChI is InChI=1S/C16H19NO3/c1-11-4-2-3-5-13(11)16(7-8-16)15(20)17-9-6-12(10-17)14(18)19/h2-5,12H,6-10H2,1H3,(H,18,19)/t12-/m1/s1. The Hall–Kier alpha value is -1.84. The second-order valence-corrected chi connectivity index (χ2v) is 5.97. The predicted molar refractivity (Wildman–Crippen MR) is 74.4 cm³/mol. The fourth-order valence-electron chi connectivity index (χ4n) is 3.28. The number of carbonyl (C=O) groups is 2. The molecular weight excluding hydrogens is 254 g/mol. The highest BCUT2D eigenvalue weighted by Gasteiger charge is 2.54. The zero-order chi connectivity index (χ0) is 14.3. The van der Waals surface area contributed by atoms with E-state index in [4.69, 9.17) is 5.11 Å². The molecule has 1 saturated heterocycles. The van der Waals surface area contributed by atoms with Crippen molar-refractivity contribution in [3.05, 3.63) is 35.4 Å². The molecule has 4 heteroatoms. The Labute approximate surface area is 118 Å². The molecule has 0 spiro atoms. The topological polar surface area (TPSA) is 57.6 Å². The molecule has 1 aliphatic carbocycles. The Bertz CT molecular complexity index is 563. The second-order valence-electron chi connectivity index (χ2n) is 5.97. The minimum absolute atomic E-state index is 0.121. The van der Waals surface area contributed by atoms with Crippen LogP contribution in [0.5, 0.6) is 0 Å². The van der Waals surface area contributed by atoms with Crippen LogP contribution in [0.1, 0.15) is 30.4 Å². The number of likely N-dealkylation sites (tertiary alicyclic amines) is 1. The predicted octanol–water partition coefficient (Wildman–Crippen LogP) is 1.96. The van der Waals surface area contributed by atoms with Crippen LogP contribution in [-0.2, 0) is 15.0 Å². The molecule has 1 aromatic rings. The SMILES string of the molecule is Cc1ccccc1C1(C(=O)N2CC[C@@H](C(=O)O)C2)CC1. The zero-order valence-corrected chi connectivity index (χ0v) is 11.6. The Morgan fingerprint density at radius 3 is 2.55 bits per heavy atom. The summed E-state index contributed by atoms with van der Waals surface area (Å²) in [5.41, 5.74) is 1.88. The number of aliphatic carboxylic acids is 1. The van der Waals surface area contributed by atoms with E-state index in [2.05, 4.69) is 0 Å². The lowest BCUT2D eigenvalue weighted by atomic mass is 9.90. The van der Waals surface area contributed by atoms with Crippen LogP contribution in [0.15, 0.2) is 24.3 Å². The van der Waals surface area contributed by atoms with E-state index in [-0.39, 0.29) is 11.3 Å². The number of nitrogens with zero attached hydrogens (tertiary/aromatic N) is 1. The molecule has 1 amide bonds. The smallest absolute Gasteiger partial charge is 0.308 e. The number of rotatable bonds is 3. The summed E-state index contributed by atoms with van der Waals surface area (Å²) in [5.74, 6) is -1.07. The van der Waals surface area contributed by atoms with Crippen LogP contribution in [0, 0.1) is 12.8 Å². The van der Waals surface area contributed by atoms with Gasteiger partial charge in [-0.05, 0) is 37.3 Å². The van der Waals surface area contributed by atoms with Crippen LogP contribution < -0.4 is 0 Å². The normalized spacial score (nSPS) is 23.6. The van der Waals surface area contributed by atoms with E-state index in [0.717, 1.165) is 24.0 Å². The Morgan fingerprint density at radius 1 is 1.30 bits per heavy atom. The van der Waals surface area contributed by atoms with Crippen molar-refractivity contribution in [3.63, 3.8) is 0 Å². The average Bonchev–Trinajstić information content (AvgIpc) is 3.07. The van der Waals surface area contributed by atoms with Gasteiger partial charge in [0.1, 0.15) is 0 Å². The monoisotopic (exact) mass is 273 g/mol. The Morgan fingerprint density at radius 2 is 2.00 bits per heavy atom. The van der Waals surface area contributed by atoms with Gasteiger partial charge in [0, 0.05) is 13.1 Å². The van der Waals surface area contributed by atoms with Gasteiger partial charge < -0.3 is 10.0 Å². The zero-order valence-electron chi connectivity index (χ0n) is 11.6. The minimum atomic E-state index is -0.791. The summed E-state index contributed by atoms with van der Waals surface area (Å²) in [5, 5.41) is 9.05. The highest BCUT2D eigenvalue weighted by molar-refractivity contribution is 5.92. The highest BCUT2D eigenvalue weighted by atomic mass is 16.4. The summed E-state index contributed by atoms with van der Waals surface area (Å²) < 4.78 is 0. The first-order chi connectivity index (χ1) is 9.54. The first-order valence-corrected chi connectivity index (χ1v) is 7.13. The van der Waals surface area contributed by atoms with Gasteiger partial charge in [-0.2, -0.15) is 0 Å². The van der Waals surface area contributed by atoms with Gasteiger partial charge in [-0.15, -0.1) is 0 Å². The Kier molecular flexibility index (Phi) is 3.04. The number of carboxylic acid groups (broad SMARTS) is 1. The molecule has 0 radical (unpaired) electrons. The largest absolute Gasteiger partial charge is 0.481 e. The molecule has 0 unspecified atom stereocenters. The van der Waals surface area contributed by atoms with Gasteiger partial charge in [0.05, 0.1) is 11.3 Å². The van der Waals surface area contributed by atoms with E-state index in [1.807, 2.05) is 31.2 Å². The number of aryl methyl sites for hydroxylation is 1. The van der Waals surface area contributed by atoms with Gasteiger partial charge in [0.2, 0.25) is 5.91 Å². The lowest BCUT2D eigenvalue weighted by Crippen LogP contribution is -2.38. The number of hydrogen-bond acceptors (Lipinski definition) is 2. The number of benzene rings is 1. The molecular formula is C16H19NO3. The van der Waals surface area contributed by atoms with Crippen molar-refractivity contribution in [2.45, 2.75) is 31.6 Å². The minimum Gasteiger partial charge on any atom is -0.481 e. The average molecular weight is 273 g/mol. The van der Waals surface area contributed by atoms with Gasteiger partial charge in [-0.3, -0.25) is 9.59 Å². The Balaban J connectivity index is 1.81. The first kappa shape index (κ1) is 13.2. The van der Waals surface area contributed by atoms with Crippen LogP contribution >= 0.6 is 0 Å². The van der Waals surface area contributed by atoms with E-state index in [1.165, 1.54) is 0 Å². The van der Waals surface area contributed by atoms with E-state index in [9.17, 15) is 9.59 Å². The van der Waals surface area contributed by atoms with Gasteiger partial charge in [-0.1, -0.05) is 24.3 Å². The summed E-state index contributed by atoms with van der Waals surface area (Å²) in [6.45, 7) is 2.97. The molecule has 1 aromatic carbocycles. The van der Waals surface area contributed by atoms with Crippen LogP contribution in [-0.4, -0.2) is 35.0 Å². The van der Waals surface area contributed by atoms with Crippen molar-refractivity contribution in [2.75, 3.05) is 13.1 Å². The van der Waals surface area contributed by atoms with Crippen molar-refractivity contribution in [1.82, 2.24) is 4.90 Å². The molecule has 0 bridgehead atoms. The highest BCUT2D eigenvalue weighted by Crippen LogP contribution is 2.51. The molecule has 1 N–H and O–H groups in total. The van der Waals surface area contributed by atoms with Crippen LogP contribution in [0.2, 0.25) is 0 Å². The van der Waals surface area contributed by atoms with Crippen LogP contribution in [0.25, 0.3) is 0 Å². The van der Waals surface area contributed by atoms with E-state index in [1.54, 1.807) is 4.90 Å². The number of hydrogen-bond donors (Lipinski definition) is 1. The van der Waals surface area contributed by atoms with Crippen molar-refractivity contribution in [3.8, 4) is 0 Å². The lowest BCUT2D eigenvalue weighted by Gasteiger charge is -2.24. The third-order valence-corrected chi connectivity index (χ3v) is 4.64. The molecule has 1 saturated carbocycles. The first-order valence-electron chi connectivity index (χ1n) is 7.13. The second kappa shape index (κ2) is 4.62. The third kappa shape index (κ3) is 1.99. The molecule has 106 valence electrons.